The monoisotopic (exact) mass is 314 g/mol. The third-order valence-corrected chi connectivity index (χ3v) is 10.6. The van der Waals surface area contributed by atoms with E-state index in [-0.39, 0.29) is 0 Å². The highest BCUT2D eigenvalue weighted by Crippen LogP contribution is 2.25. The van der Waals surface area contributed by atoms with Gasteiger partial charge in [-0.15, -0.1) is 0 Å². The van der Waals surface area contributed by atoms with Gasteiger partial charge in [-0.1, -0.05) is 49.3 Å². The van der Waals surface area contributed by atoms with Crippen LogP contribution in [0.5, 0.6) is 0 Å². The summed E-state index contributed by atoms with van der Waals surface area (Å²) in [7, 11) is -1.35. The molecule has 0 atom stereocenters. The quantitative estimate of drug-likeness (QED) is 0.390. The fraction of sp³-hybridized carbons (Fsp3) is 1.00. The van der Waals surface area contributed by atoms with Crippen LogP contribution in [0.15, 0.2) is 0 Å². The molecular formula is C10H23IOSi. The van der Waals surface area contributed by atoms with E-state index < -0.39 is 8.32 Å². The first kappa shape index (κ1) is 13.9. The number of halogens is 1. The molecule has 0 aliphatic carbocycles. The maximum atomic E-state index is 6.20. The second kappa shape index (κ2) is 7.23. The van der Waals surface area contributed by atoms with Crippen molar-refractivity contribution in [3.63, 3.8) is 0 Å². The lowest BCUT2D eigenvalue weighted by molar-refractivity contribution is 0.227. The van der Waals surface area contributed by atoms with Gasteiger partial charge in [-0.3, -0.25) is 0 Å². The fourth-order valence-electron chi connectivity index (χ4n) is 1.82. The standard InChI is InChI=1S/C10H23IOSi/c1-5-7-13(9-11,8-6-2)12-10(3)4/h10H,5-9H2,1-4H3. The van der Waals surface area contributed by atoms with Crippen molar-refractivity contribution in [2.75, 3.05) is 4.05 Å². The van der Waals surface area contributed by atoms with E-state index in [1.54, 1.807) is 0 Å². The largest absolute Gasteiger partial charge is 0.414 e. The molecule has 80 valence electrons. The fourth-order valence-corrected chi connectivity index (χ4v) is 8.29. The van der Waals surface area contributed by atoms with Crippen LogP contribution >= 0.6 is 22.6 Å². The Bertz CT molecular complexity index is 122. The molecule has 0 unspecified atom stereocenters. The van der Waals surface area contributed by atoms with E-state index in [4.69, 9.17) is 4.43 Å². The summed E-state index contributed by atoms with van der Waals surface area (Å²) >= 11 is 2.52. The minimum atomic E-state index is -1.35. The highest BCUT2D eigenvalue weighted by Gasteiger charge is 2.32. The van der Waals surface area contributed by atoms with Gasteiger partial charge in [0, 0.05) is 10.2 Å². The van der Waals surface area contributed by atoms with Gasteiger partial charge in [0.1, 0.15) is 0 Å². The van der Waals surface area contributed by atoms with Crippen LogP contribution in [0.25, 0.3) is 0 Å². The Hall–Kier alpha value is 0.907. The summed E-state index contributed by atoms with van der Waals surface area (Å²) in [6, 6.07) is 2.67. The predicted octanol–water partition coefficient (Wildman–Crippen LogP) is 4.15. The zero-order valence-electron chi connectivity index (χ0n) is 9.40. The Balaban J connectivity index is 4.24. The summed E-state index contributed by atoms with van der Waals surface area (Å²) in [6.07, 6.45) is 2.98. The predicted molar refractivity (Wildman–Crippen MR) is 71.1 cm³/mol. The Morgan fingerprint density at radius 3 is 1.85 bits per heavy atom. The summed E-state index contributed by atoms with van der Waals surface area (Å²) in [4.78, 5) is 0. The van der Waals surface area contributed by atoms with Crippen LogP contribution in [0.2, 0.25) is 12.1 Å². The average Bonchev–Trinajstić information content (AvgIpc) is 2.04. The molecule has 0 aliphatic rings. The summed E-state index contributed by atoms with van der Waals surface area (Å²) in [5.74, 6) is 0. The maximum Gasteiger partial charge on any atom is 0.202 e. The van der Waals surface area contributed by atoms with Crippen molar-refractivity contribution in [3.05, 3.63) is 0 Å². The van der Waals surface area contributed by atoms with Gasteiger partial charge in [0.25, 0.3) is 0 Å². The van der Waals surface area contributed by atoms with Crippen LogP contribution in [-0.4, -0.2) is 18.5 Å². The molecule has 0 N–H and O–H groups in total. The van der Waals surface area contributed by atoms with Crippen molar-refractivity contribution in [2.24, 2.45) is 0 Å². The maximum absolute atomic E-state index is 6.20. The van der Waals surface area contributed by atoms with Crippen molar-refractivity contribution < 1.29 is 4.43 Å². The van der Waals surface area contributed by atoms with Gasteiger partial charge in [-0.05, 0) is 25.9 Å². The number of rotatable bonds is 7. The molecule has 0 saturated heterocycles. The summed E-state index contributed by atoms with van der Waals surface area (Å²) in [5.41, 5.74) is 0. The minimum absolute atomic E-state index is 0.416. The number of hydrogen-bond acceptors (Lipinski definition) is 1. The van der Waals surface area contributed by atoms with Crippen LogP contribution < -0.4 is 0 Å². The molecular weight excluding hydrogens is 291 g/mol. The van der Waals surface area contributed by atoms with E-state index in [9.17, 15) is 0 Å². The van der Waals surface area contributed by atoms with Gasteiger partial charge in [-0.2, -0.15) is 0 Å². The molecule has 0 spiro atoms. The van der Waals surface area contributed by atoms with Gasteiger partial charge in [0.2, 0.25) is 8.32 Å². The number of hydrogen-bond donors (Lipinski definition) is 0. The molecule has 1 nitrogen and oxygen atoms in total. The molecule has 0 radical (unpaired) electrons. The van der Waals surface area contributed by atoms with Crippen LogP contribution in [0.4, 0.5) is 0 Å². The first-order chi connectivity index (χ1) is 6.10. The van der Waals surface area contributed by atoms with E-state index in [2.05, 4.69) is 50.3 Å². The molecule has 0 aromatic rings. The normalized spacial score (nSPS) is 12.5. The number of alkyl halides is 1. The van der Waals surface area contributed by atoms with E-state index in [1.165, 1.54) is 29.0 Å². The lowest BCUT2D eigenvalue weighted by Crippen LogP contribution is -2.42. The van der Waals surface area contributed by atoms with Crippen molar-refractivity contribution >= 4 is 30.9 Å². The van der Waals surface area contributed by atoms with E-state index >= 15 is 0 Å². The molecule has 3 heteroatoms. The van der Waals surface area contributed by atoms with Crippen LogP contribution in [0.3, 0.4) is 0 Å². The highest BCUT2D eigenvalue weighted by atomic mass is 127. The molecule has 0 aromatic carbocycles. The Kier molecular flexibility index (Phi) is 7.74. The third kappa shape index (κ3) is 5.37. The third-order valence-electron chi connectivity index (χ3n) is 2.14. The molecule has 0 amide bonds. The summed E-state index contributed by atoms with van der Waals surface area (Å²) < 4.78 is 7.45. The molecule has 13 heavy (non-hydrogen) atoms. The Morgan fingerprint density at radius 2 is 1.62 bits per heavy atom. The molecule has 0 heterocycles. The van der Waals surface area contributed by atoms with Crippen LogP contribution in [0.1, 0.15) is 40.5 Å². The molecule has 0 aromatic heterocycles. The molecule has 0 rings (SSSR count). The summed E-state index contributed by atoms with van der Waals surface area (Å²) in [5, 5.41) is 0. The molecule has 0 aliphatic heterocycles. The molecule has 0 bridgehead atoms. The zero-order chi connectivity index (χ0) is 10.3. The highest BCUT2D eigenvalue weighted by molar-refractivity contribution is 14.1. The molecule has 0 saturated carbocycles. The van der Waals surface area contributed by atoms with Gasteiger partial charge in [0.05, 0.1) is 0 Å². The minimum Gasteiger partial charge on any atom is -0.414 e. The van der Waals surface area contributed by atoms with Crippen molar-refractivity contribution in [2.45, 2.75) is 58.7 Å². The molecule has 0 fully saturated rings. The van der Waals surface area contributed by atoms with E-state index in [0.717, 1.165) is 0 Å². The van der Waals surface area contributed by atoms with Crippen LogP contribution in [-0.2, 0) is 4.43 Å². The lowest BCUT2D eigenvalue weighted by Gasteiger charge is -2.31. The second-order valence-electron chi connectivity index (χ2n) is 3.98. The van der Waals surface area contributed by atoms with E-state index in [0.29, 0.717) is 6.10 Å². The Labute approximate surface area is 97.9 Å². The van der Waals surface area contributed by atoms with Crippen molar-refractivity contribution in [1.82, 2.24) is 0 Å². The van der Waals surface area contributed by atoms with E-state index in [1.807, 2.05) is 0 Å². The Morgan fingerprint density at radius 1 is 1.15 bits per heavy atom. The van der Waals surface area contributed by atoms with Gasteiger partial charge < -0.3 is 4.43 Å². The van der Waals surface area contributed by atoms with Gasteiger partial charge >= 0.3 is 0 Å². The smallest absolute Gasteiger partial charge is 0.202 e. The van der Waals surface area contributed by atoms with Gasteiger partial charge in [0.15, 0.2) is 0 Å². The first-order valence-electron chi connectivity index (χ1n) is 5.34. The average molecular weight is 314 g/mol. The second-order valence-corrected chi connectivity index (χ2v) is 10.1. The SMILES string of the molecule is CCC[Si](CI)(CCC)OC(C)C. The lowest BCUT2D eigenvalue weighted by atomic mass is 10.5. The first-order valence-corrected chi connectivity index (χ1v) is 9.39. The zero-order valence-corrected chi connectivity index (χ0v) is 12.6. The van der Waals surface area contributed by atoms with Gasteiger partial charge in [-0.25, -0.2) is 0 Å². The van der Waals surface area contributed by atoms with Crippen LogP contribution in [0, 0.1) is 0 Å². The summed E-state index contributed by atoms with van der Waals surface area (Å²) in [6.45, 7) is 8.87. The van der Waals surface area contributed by atoms with Crippen molar-refractivity contribution in [1.29, 1.82) is 0 Å². The van der Waals surface area contributed by atoms with Crippen molar-refractivity contribution in [3.8, 4) is 0 Å². The topological polar surface area (TPSA) is 9.23 Å².